The number of carbonyl (C=O) groups excluding carboxylic acids is 2. The lowest BCUT2D eigenvalue weighted by Gasteiger charge is -2.02. The Balaban J connectivity index is 4.11. The zero-order chi connectivity index (χ0) is 9.72. The third-order valence-electron chi connectivity index (χ3n) is 1.05. The van der Waals surface area contributed by atoms with Gasteiger partial charge in [-0.1, -0.05) is 24.9 Å². The largest absolute Gasteiger partial charge is 0.465 e. The number of allylic oxidation sites excluding steroid dienone is 1. The molecule has 12 heavy (non-hydrogen) atoms. The van der Waals surface area contributed by atoms with Gasteiger partial charge < -0.3 is 4.74 Å². The molecule has 0 spiro atoms. The molecule has 0 aromatic carbocycles. The molecule has 0 aliphatic heterocycles. The minimum atomic E-state index is -0.539. The van der Waals surface area contributed by atoms with Crippen molar-refractivity contribution in [2.75, 3.05) is 7.11 Å². The SMILES string of the molecule is C=C(SC(=C)C(=O)OC)C(C)=O. The van der Waals surface area contributed by atoms with Crippen molar-refractivity contribution in [1.82, 2.24) is 0 Å². The van der Waals surface area contributed by atoms with Gasteiger partial charge in [0.05, 0.1) is 12.0 Å². The van der Waals surface area contributed by atoms with Gasteiger partial charge in [-0.3, -0.25) is 4.79 Å². The molecular formula is C8H10O3S. The number of esters is 1. The highest BCUT2D eigenvalue weighted by molar-refractivity contribution is 8.08. The fourth-order valence-corrected chi connectivity index (χ4v) is 0.984. The first kappa shape index (κ1) is 11.0. The molecule has 0 fully saturated rings. The molecule has 0 N–H and O–H groups in total. The van der Waals surface area contributed by atoms with Crippen molar-refractivity contribution in [2.24, 2.45) is 0 Å². The zero-order valence-electron chi connectivity index (χ0n) is 7.05. The van der Waals surface area contributed by atoms with Gasteiger partial charge in [0.15, 0.2) is 5.78 Å². The number of carbonyl (C=O) groups is 2. The molecule has 0 radical (unpaired) electrons. The Hall–Kier alpha value is -1.03. The average molecular weight is 186 g/mol. The first-order valence-electron chi connectivity index (χ1n) is 3.14. The van der Waals surface area contributed by atoms with Crippen LogP contribution in [0.5, 0.6) is 0 Å². The van der Waals surface area contributed by atoms with Crippen LogP contribution >= 0.6 is 11.8 Å². The van der Waals surface area contributed by atoms with E-state index in [1.807, 2.05) is 0 Å². The fourth-order valence-electron chi connectivity index (χ4n) is 0.376. The van der Waals surface area contributed by atoms with Crippen molar-refractivity contribution in [3.8, 4) is 0 Å². The molecule has 0 aromatic rings. The minimum absolute atomic E-state index is 0.165. The number of methoxy groups -OCH3 is 1. The molecule has 0 amide bonds. The van der Waals surface area contributed by atoms with Gasteiger partial charge in [0.25, 0.3) is 0 Å². The summed E-state index contributed by atoms with van der Waals surface area (Å²) in [7, 11) is 1.25. The van der Waals surface area contributed by atoms with Gasteiger partial charge >= 0.3 is 5.97 Å². The second-order valence-corrected chi connectivity index (χ2v) is 3.19. The Morgan fingerprint density at radius 3 is 2.08 bits per heavy atom. The Bertz CT molecular complexity index is 243. The summed E-state index contributed by atoms with van der Waals surface area (Å²) in [6, 6.07) is 0. The van der Waals surface area contributed by atoms with Crippen molar-refractivity contribution >= 4 is 23.5 Å². The molecule has 0 aliphatic rings. The molecule has 0 bridgehead atoms. The van der Waals surface area contributed by atoms with Crippen LogP contribution < -0.4 is 0 Å². The number of thioether (sulfide) groups is 1. The number of ketones is 1. The number of hydrogen-bond donors (Lipinski definition) is 0. The summed E-state index contributed by atoms with van der Waals surface area (Å²) >= 11 is 0.927. The third kappa shape index (κ3) is 3.39. The summed E-state index contributed by atoms with van der Waals surface area (Å²) < 4.78 is 4.38. The highest BCUT2D eigenvalue weighted by atomic mass is 32.2. The van der Waals surface area contributed by atoms with Gasteiger partial charge in [-0.25, -0.2) is 4.79 Å². The van der Waals surface area contributed by atoms with Gasteiger partial charge in [0, 0.05) is 4.91 Å². The fraction of sp³-hybridized carbons (Fsp3) is 0.250. The van der Waals surface area contributed by atoms with Crippen molar-refractivity contribution in [1.29, 1.82) is 0 Å². The topological polar surface area (TPSA) is 43.4 Å². The van der Waals surface area contributed by atoms with Crippen LogP contribution in [-0.4, -0.2) is 18.9 Å². The van der Waals surface area contributed by atoms with E-state index in [0.29, 0.717) is 0 Å². The van der Waals surface area contributed by atoms with Crippen LogP contribution in [0.25, 0.3) is 0 Å². The van der Waals surface area contributed by atoms with Crippen molar-refractivity contribution in [3.05, 3.63) is 23.0 Å². The van der Waals surface area contributed by atoms with Gasteiger partial charge in [0.2, 0.25) is 0 Å². The van der Waals surface area contributed by atoms with E-state index in [1.54, 1.807) is 0 Å². The Morgan fingerprint density at radius 1 is 1.25 bits per heavy atom. The van der Waals surface area contributed by atoms with Crippen LogP contribution in [0.2, 0.25) is 0 Å². The first-order valence-corrected chi connectivity index (χ1v) is 3.95. The van der Waals surface area contributed by atoms with E-state index in [1.165, 1.54) is 14.0 Å². The summed E-state index contributed by atoms with van der Waals surface area (Å²) in [6.45, 7) is 8.25. The Kier molecular flexibility index (Phi) is 4.36. The maximum atomic E-state index is 10.8. The second kappa shape index (κ2) is 4.77. The summed E-state index contributed by atoms with van der Waals surface area (Å²) in [5.74, 6) is -0.715. The van der Waals surface area contributed by atoms with Gasteiger partial charge in [-0.15, -0.1) is 0 Å². The number of rotatable bonds is 4. The molecule has 4 heteroatoms. The number of ether oxygens (including phenoxy) is 1. The van der Waals surface area contributed by atoms with Crippen LogP contribution in [0.4, 0.5) is 0 Å². The molecule has 0 atom stereocenters. The lowest BCUT2D eigenvalue weighted by atomic mass is 10.4. The predicted octanol–water partition coefficient (Wildman–Crippen LogP) is 1.51. The molecular weight excluding hydrogens is 176 g/mol. The predicted molar refractivity (Wildman–Crippen MR) is 48.6 cm³/mol. The molecule has 0 aromatic heterocycles. The first-order chi connectivity index (χ1) is 5.49. The van der Waals surface area contributed by atoms with E-state index in [9.17, 15) is 9.59 Å². The van der Waals surface area contributed by atoms with E-state index in [0.717, 1.165) is 11.8 Å². The van der Waals surface area contributed by atoms with Crippen molar-refractivity contribution < 1.29 is 14.3 Å². The van der Waals surface area contributed by atoms with E-state index in [4.69, 9.17) is 0 Å². The normalized spacial score (nSPS) is 8.83. The minimum Gasteiger partial charge on any atom is -0.465 e. The quantitative estimate of drug-likeness (QED) is 0.493. The Morgan fingerprint density at radius 2 is 1.75 bits per heavy atom. The summed E-state index contributed by atoms with van der Waals surface area (Å²) in [5, 5.41) is 0. The van der Waals surface area contributed by atoms with Crippen LogP contribution in [0.1, 0.15) is 6.92 Å². The van der Waals surface area contributed by atoms with E-state index in [2.05, 4.69) is 17.9 Å². The second-order valence-electron chi connectivity index (χ2n) is 2.00. The molecule has 0 heterocycles. The van der Waals surface area contributed by atoms with Gasteiger partial charge in [-0.2, -0.15) is 0 Å². The van der Waals surface area contributed by atoms with Crippen LogP contribution in [-0.2, 0) is 14.3 Å². The lowest BCUT2D eigenvalue weighted by molar-refractivity contribution is -0.135. The number of hydrogen-bond acceptors (Lipinski definition) is 4. The highest BCUT2D eigenvalue weighted by Gasteiger charge is 2.10. The molecule has 0 unspecified atom stereocenters. The average Bonchev–Trinajstić information content (AvgIpc) is 2.02. The van der Waals surface area contributed by atoms with E-state index >= 15 is 0 Å². The van der Waals surface area contributed by atoms with Crippen LogP contribution in [0.3, 0.4) is 0 Å². The zero-order valence-corrected chi connectivity index (χ0v) is 7.86. The third-order valence-corrected chi connectivity index (χ3v) is 2.00. The number of Topliss-reactive ketones (excluding diaryl/α,β-unsaturated/α-hetero) is 1. The maximum absolute atomic E-state index is 10.8. The maximum Gasteiger partial charge on any atom is 0.344 e. The molecule has 66 valence electrons. The Labute approximate surface area is 75.5 Å². The van der Waals surface area contributed by atoms with Gasteiger partial charge in [-0.05, 0) is 6.92 Å². The molecule has 0 saturated heterocycles. The smallest absolute Gasteiger partial charge is 0.344 e. The summed E-state index contributed by atoms with van der Waals surface area (Å²) in [4.78, 5) is 21.9. The van der Waals surface area contributed by atoms with Crippen LogP contribution in [0.15, 0.2) is 23.0 Å². The highest BCUT2D eigenvalue weighted by Crippen LogP contribution is 2.23. The molecule has 0 aliphatic carbocycles. The van der Waals surface area contributed by atoms with Crippen molar-refractivity contribution in [2.45, 2.75) is 6.92 Å². The van der Waals surface area contributed by atoms with Crippen LogP contribution in [0, 0.1) is 0 Å². The lowest BCUT2D eigenvalue weighted by Crippen LogP contribution is -2.02. The monoisotopic (exact) mass is 186 g/mol. The molecule has 3 nitrogen and oxygen atoms in total. The van der Waals surface area contributed by atoms with E-state index in [-0.39, 0.29) is 15.6 Å². The van der Waals surface area contributed by atoms with Gasteiger partial charge in [0.1, 0.15) is 0 Å². The summed E-state index contributed by atoms with van der Waals surface area (Å²) in [6.07, 6.45) is 0. The summed E-state index contributed by atoms with van der Waals surface area (Å²) in [5.41, 5.74) is 0. The standard InChI is InChI=1S/C8H10O3S/c1-5(9)6(2)12-7(3)8(10)11-4/h2-3H2,1,4H3. The molecule has 0 rings (SSSR count). The molecule has 0 saturated carbocycles. The van der Waals surface area contributed by atoms with E-state index < -0.39 is 5.97 Å². The van der Waals surface area contributed by atoms with Crippen molar-refractivity contribution in [3.63, 3.8) is 0 Å².